The van der Waals surface area contributed by atoms with Crippen LogP contribution in [0.15, 0.2) is 12.3 Å². The Bertz CT molecular complexity index is 392. The molecule has 106 valence electrons. The lowest BCUT2D eigenvalue weighted by Crippen LogP contribution is -2.16. The Kier molecular flexibility index (Phi) is 5.93. The molecule has 0 bridgehead atoms. The summed E-state index contributed by atoms with van der Waals surface area (Å²) in [4.78, 5) is 4.32. The summed E-state index contributed by atoms with van der Waals surface area (Å²) < 4.78 is 5.77. The van der Waals surface area contributed by atoms with Crippen molar-refractivity contribution in [2.45, 2.75) is 45.6 Å². The Hall–Kier alpha value is -0.800. The van der Waals surface area contributed by atoms with Crippen molar-refractivity contribution in [3.05, 3.63) is 22.8 Å². The van der Waals surface area contributed by atoms with Gasteiger partial charge in [0.1, 0.15) is 5.02 Å². The van der Waals surface area contributed by atoms with Crippen molar-refractivity contribution in [1.29, 1.82) is 0 Å². The molecule has 3 nitrogen and oxygen atoms in total. The van der Waals surface area contributed by atoms with Crippen LogP contribution < -0.4 is 10.1 Å². The van der Waals surface area contributed by atoms with Crippen molar-refractivity contribution in [1.82, 2.24) is 10.3 Å². The molecule has 1 aromatic rings. The number of nitrogens with one attached hydrogen (secondary N) is 1. The van der Waals surface area contributed by atoms with Crippen molar-refractivity contribution >= 4 is 11.6 Å². The molecule has 1 aliphatic carbocycles. The van der Waals surface area contributed by atoms with E-state index in [-0.39, 0.29) is 0 Å². The molecule has 1 fully saturated rings. The number of hydrogen-bond donors (Lipinski definition) is 1. The van der Waals surface area contributed by atoms with Crippen LogP contribution in [-0.4, -0.2) is 18.1 Å². The number of halogens is 1. The first-order valence-electron chi connectivity index (χ1n) is 7.27. The second-order valence-corrected chi connectivity index (χ2v) is 5.63. The topological polar surface area (TPSA) is 34.2 Å². The molecule has 2 rings (SSSR count). The summed E-state index contributed by atoms with van der Waals surface area (Å²) in [5, 5.41) is 3.87. The smallest absolute Gasteiger partial charge is 0.232 e. The van der Waals surface area contributed by atoms with Gasteiger partial charge < -0.3 is 10.1 Å². The highest BCUT2D eigenvalue weighted by atomic mass is 35.5. The predicted molar refractivity (Wildman–Crippen MR) is 78.7 cm³/mol. The maximum Gasteiger partial charge on any atom is 0.232 e. The highest BCUT2D eigenvalue weighted by molar-refractivity contribution is 6.31. The van der Waals surface area contributed by atoms with E-state index in [2.05, 4.69) is 17.2 Å². The van der Waals surface area contributed by atoms with E-state index >= 15 is 0 Å². The molecule has 0 radical (unpaired) electrons. The lowest BCUT2D eigenvalue weighted by atomic mass is 9.90. The van der Waals surface area contributed by atoms with E-state index in [0.29, 0.717) is 16.8 Å². The van der Waals surface area contributed by atoms with Crippen LogP contribution in [0.1, 0.15) is 44.6 Å². The van der Waals surface area contributed by atoms with Gasteiger partial charge in [-0.3, -0.25) is 0 Å². The third-order valence-corrected chi connectivity index (χ3v) is 3.89. The molecule has 0 unspecified atom stereocenters. The number of nitrogens with zero attached hydrogens (tertiary/aromatic N) is 1. The molecular formula is C15H23ClN2O. The summed E-state index contributed by atoms with van der Waals surface area (Å²) in [7, 11) is 0. The van der Waals surface area contributed by atoms with Crippen molar-refractivity contribution in [2.75, 3.05) is 13.2 Å². The van der Waals surface area contributed by atoms with E-state index in [1.54, 1.807) is 0 Å². The van der Waals surface area contributed by atoms with E-state index < -0.39 is 0 Å². The first-order valence-corrected chi connectivity index (χ1v) is 7.65. The fourth-order valence-corrected chi connectivity index (χ4v) is 2.73. The second-order valence-electron chi connectivity index (χ2n) is 5.23. The summed E-state index contributed by atoms with van der Waals surface area (Å²) in [6.45, 7) is 4.57. The van der Waals surface area contributed by atoms with Crippen LogP contribution in [0.5, 0.6) is 5.88 Å². The monoisotopic (exact) mass is 282 g/mol. The fourth-order valence-electron chi connectivity index (χ4n) is 2.49. The Morgan fingerprint density at radius 1 is 1.37 bits per heavy atom. The molecule has 0 saturated heterocycles. The largest absolute Gasteiger partial charge is 0.476 e. The van der Waals surface area contributed by atoms with Crippen molar-refractivity contribution in [3.63, 3.8) is 0 Å². The molecule has 4 heteroatoms. The standard InChI is InChI=1S/C15H23ClN2O/c1-2-17-9-13-8-14(16)15(18-10-13)19-11-12-6-4-3-5-7-12/h8,10,12,17H,2-7,9,11H2,1H3. The van der Waals surface area contributed by atoms with Gasteiger partial charge in [0.2, 0.25) is 5.88 Å². The van der Waals surface area contributed by atoms with Gasteiger partial charge in [0.05, 0.1) is 6.61 Å². The molecule has 0 aromatic carbocycles. The SMILES string of the molecule is CCNCc1cnc(OCC2CCCCC2)c(Cl)c1. The molecule has 1 aliphatic rings. The summed E-state index contributed by atoms with van der Waals surface area (Å²) in [6.07, 6.45) is 8.42. The Morgan fingerprint density at radius 3 is 2.84 bits per heavy atom. The van der Waals surface area contributed by atoms with Crippen LogP contribution in [0.25, 0.3) is 0 Å². The number of ether oxygens (including phenoxy) is 1. The zero-order valence-corrected chi connectivity index (χ0v) is 12.4. The Morgan fingerprint density at radius 2 is 2.16 bits per heavy atom. The summed E-state index contributed by atoms with van der Waals surface area (Å²) in [6, 6.07) is 1.94. The number of aromatic nitrogens is 1. The van der Waals surface area contributed by atoms with Gasteiger partial charge in [-0.2, -0.15) is 0 Å². The van der Waals surface area contributed by atoms with Crippen LogP contribution >= 0.6 is 11.6 Å². The molecule has 0 spiro atoms. The van der Waals surface area contributed by atoms with Gasteiger partial charge in [0.25, 0.3) is 0 Å². The highest BCUT2D eigenvalue weighted by Crippen LogP contribution is 2.27. The lowest BCUT2D eigenvalue weighted by molar-refractivity contribution is 0.203. The molecular weight excluding hydrogens is 260 g/mol. The first-order chi connectivity index (χ1) is 9.29. The molecule has 1 aromatic heterocycles. The maximum absolute atomic E-state index is 6.21. The average Bonchev–Trinajstić information content (AvgIpc) is 2.45. The number of rotatable bonds is 6. The van der Waals surface area contributed by atoms with Gasteiger partial charge in [-0.1, -0.05) is 37.8 Å². The number of pyridine rings is 1. The van der Waals surface area contributed by atoms with Crippen molar-refractivity contribution in [3.8, 4) is 5.88 Å². The van der Waals surface area contributed by atoms with Gasteiger partial charge in [-0.05, 0) is 36.9 Å². The third-order valence-electron chi connectivity index (χ3n) is 3.62. The lowest BCUT2D eigenvalue weighted by Gasteiger charge is -2.21. The molecule has 1 saturated carbocycles. The molecule has 19 heavy (non-hydrogen) atoms. The second kappa shape index (κ2) is 7.71. The summed E-state index contributed by atoms with van der Waals surface area (Å²) >= 11 is 6.21. The minimum absolute atomic E-state index is 0.576. The number of hydrogen-bond acceptors (Lipinski definition) is 3. The summed E-state index contributed by atoms with van der Waals surface area (Å²) in [5.41, 5.74) is 1.09. The average molecular weight is 283 g/mol. The van der Waals surface area contributed by atoms with Gasteiger partial charge in [-0.15, -0.1) is 0 Å². The van der Waals surface area contributed by atoms with Crippen LogP contribution in [0.4, 0.5) is 0 Å². The van der Waals surface area contributed by atoms with E-state index in [1.165, 1.54) is 32.1 Å². The molecule has 0 aliphatic heterocycles. The predicted octanol–water partition coefficient (Wildman–Crippen LogP) is 3.80. The minimum Gasteiger partial charge on any atom is -0.476 e. The van der Waals surface area contributed by atoms with Crippen molar-refractivity contribution in [2.24, 2.45) is 5.92 Å². The molecule has 1 heterocycles. The van der Waals surface area contributed by atoms with Gasteiger partial charge in [0, 0.05) is 12.7 Å². The Labute approximate surface area is 120 Å². The summed E-state index contributed by atoms with van der Waals surface area (Å²) in [5.74, 6) is 1.25. The normalized spacial score (nSPS) is 16.5. The van der Waals surface area contributed by atoms with E-state index in [1.807, 2.05) is 12.3 Å². The zero-order valence-electron chi connectivity index (χ0n) is 11.6. The van der Waals surface area contributed by atoms with Crippen molar-refractivity contribution < 1.29 is 4.74 Å². The van der Waals surface area contributed by atoms with Crippen LogP contribution in [0, 0.1) is 5.92 Å². The van der Waals surface area contributed by atoms with E-state index in [0.717, 1.165) is 25.3 Å². The third kappa shape index (κ3) is 4.66. The quantitative estimate of drug-likeness (QED) is 0.862. The van der Waals surface area contributed by atoms with Gasteiger partial charge >= 0.3 is 0 Å². The highest BCUT2D eigenvalue weighted by Gasteiger charge is 2.15. The molecule has 0 atom stereocenters. The zero-order chi connectivity index (χ0) is 13.5. The van der Waals surface area contributed by atoms with Crippen LogP contribution in [0.2, 0.25) is 5.02 Å². The molecule has 1 N–H and O–H groups in total. The van der Waals surface area contributed by atoms with E-state index in [4.69, 9.17) is 16.3 Å². The first kappa shape index (κ1) is 14.6. The van der Waals surface area contributed by atoms with Gasteiger partial charge in [-0.25, -0.2) is 4.98 Å². The Balaban J connectivity index is 1.85. The molecule has 0 amide bonds. The van der Waals surface area contributed by atoms with Crippen LogP contribution in [-0.2, 0) is 6.54 Å². The minimum atomic E-state index is 0.576. The van der Waals surface area contributed by atoms with E-state index in [9.17, 15) is 0 Å². The van der Waals surface area contributed by atoms with Crippen LogP contribution in [0.3, 0.4) is 0 Å². The fraction of sp³-hybridized carbons (Fsp3) is 0.667. The maximum atomic E-state index is 6.21. The van der Waals surface area contributed by atoms with Gasteiger partial charge in [0.15, 0.2) is 0 Å².